The third kappa shape index (κ3) is 1.67. The molecule has 1 aliphatic heterocycles. The second-order valence-electron chi connectivity index (χ2n) is 4.89. The van der Waals surface area contributed by atoms with Crippen LogP contribution in [0.1, 0.15) is 49.8 Å². The van der Waals surface area contributed by atoms with Crippen LogP contribution in [0.4, 0.5) is 0 Å². The number of fused-ring (bicyclic) bond motifs is 1. The zero-order chi connectivity index (χ0) is 10.3. The van der Waals surface area contributed by atoms with Crippen molar-refractivity contribution in [3.8, 4) is 0 Å². The highest BCUT2D eigenvalue weighted by molar-refractivity contribution is 5.03. The molecular formula is C11H18N4. The summed E-state index contributed by atoms with van der Waals surface area (Å²) in [7, 11) is 0. The van der Waals surface area contributed by atoms with Crippen LogP contribution >= 0.6 is 0 Å². The molecular weight excluding hydrogens is 188 g/mol. The Balaban J connectivity index is 1.74. The van der Waals surface area contributed by atoms with Gasteiger partial charge in [0.15, 0.2) is 5.82 Å². The van der Waals surface area contributed by atoms with Crippen LogP contribution in [-0.4, -0.2) is 21.2 Å². The maximum Gasteiger partial charge on any atom is 0.167 e. The van der Waals surface area contributed by atoms with E-state index in [0.29, 0.717) is 6.04 Å². The van der Waals surface area contributed by atoms with Crippen LogP contribution in [0.3, 0.4) is 0 Å². The van der Waals surface area contributed by atoms with E-state index in [9.17, 15) is 0 Å². The van der Waals surface area contributed by atoms with Crippen LogP contribution < -0.4 is 5.32 Å². The molecule has 3 unspecified atom stereocenters. The Kier molecular flexibility index (Phi) is 2.24. The first-order chi connectivity index (χ1) is 7.33. The quantitative estimate of drug-likeness (QED) is 0.735. The lowest BCUT2D eigenvalue weighted by molar-refractivity contribution is 0.325. The molecule has 3 atom stereocenters. The van der Waals surface area contributed by atoms with Gasteiger partial charge < -0.3 is 5.32 Å². The smallest absolute Gasteiger partial charge is 0.167 e. The summed E-state index contributed by atoms with van der Waals surface area (Å²) in [6.07, 6.45) is 6.74. The van der Waals surface area contributed by atoms with Crippen molar-refractivity contribution in [1.29, 1.82) is 0 Å². The summed E-state index contributed by atoms with van der Waals surface area (Å²) in [6.45, 7) is 1.96. The fourth-order valence-electron chi connectivity index (χ4n) is 3.03. The summed E-state index contributed by atoms with van der Waals surface area (Å²) >= 11 is 0. The number of hydrogen-bond acceptors (Lipinski definition) is 3. The minimum Gasteiger partial charge on any atom is -0.304 e. The molecule has 2 aliphatic rings. The monoisotopic (exact) mass is 206 g/mol. The number of aromatic amines is 1. The van der Waals surface area contributed by atoms with Crippen LogP contribution in [0, 0.1) is 12.8 Å². The third-order valence-corrected chi connectivity index (χ3v) is 3.79. The first-order valence-corrected chi connectivity index (χ1v) is 5.98. The van der Waals surface area contributed by atoms with Gasteiger partial charge in [0, 0.05) is 6.04 Å². The maximum atomic E-state index is 4.42. The molecule has 4 nitrogen and oxygen atoms in total. The van der Waals surface area contributed by atoms with Gasteiger partial charge in [0.25, 0.3) is 0 Å². The summed E-state index contributed by atoms with van der Waals surface area (Å²) < 4.78 is 0. The number of nitrogens with zero attached hydrogens (tertiary/aromatic N) is 2. The van der Waals surface area contributed by atoms with Crippen LogP contribution in [0.25, 0.3) is 0 Å². The van der Waals surface area contributed by atoms with E-state index in [2.05, 4.69) is 20.5 Å². The molecule has 2 heterocycles. The van der Waals surface area contributed by atoms with Crippen molar-refractivity contribution in [2.24, 2.45) is 5.92 Å². The average molecular weight is 206 g/mol. The maximum absolute atomic E-state index is 4.42. The fraction of sp³-hybridized carbons (Fsp3) is 0.818. The zero-order valence-corrected chi connectivity index (χ0v) is 9.16. The van der Waals surface area contributed by atoms with Gasteiger partial charge in [-0.25, -0.2) is 4.98 Å². The highest BCUT2D eigenvalue weighted by Crippen LogP contribution is 2.37. The van der Waals surface area contributed by atoms with Crippen molar-refractivity contribution in [3.63, 3.8) is 0 Å². The summed E-state index contributed by atoms with van der Waals surface area (Å²) in [5, 5.41) is 10.9. The summed E-state index contributed by atoms with van der Waals surface area (Å²) in [4.78, 5) is 4.42. The van der Waals surface area contributed by atoms with Gasteiger partial charge in [0.05, 0.1) is 6.04 Å². The molecule has 2 fully saturated rings. The molecule has 0 amide bonds. The largest absolute Gasteiger partial charge is 0.304 e. The summed E-state index contributed by atoms with van der Waals surface area (Å²) in [5.74, 6) is 2.74. The van der Waals surface area contributed by atoms with Gasteiger partial charge >= 0.3 is 0 Å². The molecule has 0 aromatic carbocycles. The van der Waals surface area contributed by atoms with Gasteiger partial charge in [-0.2, -0.15) is 5.10 Å². The van der Waals surface area contributed by atoms with E-state index in [1.165, 1.54) is 32.1 Å². The number of nitrogens with one attached hydrogen (secondary N) is 2. The van der Waals surface area contributed by atoms with Crippen molar-refractivity contribution in [1.82, 2.24) is 20.5 Å². The van der Waals surface area contributed by atoms with Crippen molar-refractivity contribution >= 4 is 0 Å². The highest BCUT2D eigenvalue weighted by atomic mass is 15.2. The van der Waals surface area contributed by atoms with Gasteiger partial charge in [-0.15, -0.1) is 0 Å². The standard InChI is InChI=1S/C11H18N4/c1-7-12-11(15-14-7)10-6-8-4-2-3-5-9(8)13-10/h8-10,13H,2-6H2,1H3,(H,12,14,15). The molecule has 15 heavy (non-hydrogen) atoms. The van der Waals surface area contributed by atoms with Crippen molar-refractivity contribution in [2.75, 3.05) is 0 Å². The van der Waals surface area contributed by atoms with E-state index in [1.54, 1.807) is 0 Å². The predicted octanol–water partition coefficient (Wildman–Crippen LogP) is 1.71. The van der Waals surface area contributed by atoms with Crippen LogP contribution in [0.5, 0.6) is 0 Å². The molecule has 3 rings (SSSR count). The molecule has 0 radical (unpaired) electrons. The summed E-state index contributed by atoms with van der Waals surface area (Å²) in [5.41, 5.74) is 0. The van der Waals surface area contributed by atoms with E-state index < -0.39 is 0 Å². The predicted molar refractivity (Wildman–Crippen MR) is 57.4 cm³/mol. The average Bonchev–Trinajstić information content (AvgIpc) is 2.82. The Bertz CT molecular complexity index is 332. The molecule has 1 aromatic heterocycles. The number of H-pyrrole nitrogens is 1. The Hall–Kier alpha value is -0.900. The number of aryl methyl sites for hydroxylation is 1. The second kappa shape index (κ2) is 3.59. The summed E-state index contributed by atoms with van der Waals surface area (Å²) in [6, 6.07) is 1.12. The fourth-order valence-corrected chi connectivity index (χ4v) is 3.03. The lowest BCUT2D eigenvalue weighted by Crippen LogP contribution is -2.30. The molecule has 1 saturated carbocycles. The Labute approximate surface area is 89.9 Å². The lowest BCUT2D eigenvalue weighted by atomic mass is 9.85. The second-order valence-corrected chi connectivity index (χ2v) is 4.89. The molecule has 0 bridgehead atoms. The van der Waals surface area contributed by atoms with Gasteiger partial charge in [0.1, 0.15) is 5.82 Å². The minimum atomic E-state index is 0.392. The zero-order valence-electron chi connectivity index (χ0n) is 9.16. The molecule has 4 heteroatoms. The Morgan fingerprint density at radius 3 is 2.87 bits per heavy atom. The van der Waals surface area contributed by atoms with E-state index in [0.717, 1.165) is 23.6 Å². The van der Waals surface area contributed by atoms with Crippen molar-refractivity contribution in [2.45, 2.75) is 51.1 Å². The molecule has 1 saturated heterocycles. The lowest BCUT2D eigenvalue weighted by Gasteiger charge is -2.24. The number of aromatic nitrogens is 3. The Morgan fingerprint density at radius 2 is 2.13 bits per heavy atom. The first-order valence-electron chi connectivity index (χ1n) is 5.98. The number of hydrogen-bond donors (Lipinski definition) is 2. The minimum absolute atomic E-state index is 0.392. The topological polar surface area (TPSA) is 53.6 Å². The van der Waals surface area contributed by atoms with Gasteiger partial charge in [-0.1, -0.05) is 12.8 Å². The highest BCUT2D eigenvalue weighted by Gasteiger charge is 2.37. The Morgan fingerprint density at radius 1 is 1.27 bits per heavy atom. The van der Waals surface area contributed by atoms with E-state index in [1.807, 2.05) is 6.92 Å². The van der Waals surface area contributed by atoms with Crippen molar-refractivity contribution < 1.29 is 0 Å². The first kappa shape index (κ1) is 9.33. The van der Waals surface area contributed by atoms with E-state index >= 15 is 0 Å². The van der Waals surface area contributed by atoms with Gasteiger partial charge in [-0.05, 0) is 32.1 Å². The van der Waals surface area contributed by atoms with Crippen LogP contribution in [-0.2, 0) is 0 Å². The van der Waals surface area contributed by atoms with E-state index in [4.69, 9.17) is 0 Å². The molecule has 1 aromatic rings. The van der Waals surface area contributed by atoms with Gasteiger partial charge in [-0.3, -0.25) is 5.10 Å². The molecule has 82 valence electrons. The normalized spacial score (nSPS) is 35.4. The molecule has 2 N–H and O–H groups in total. The molecule has 0 spiro atoms. The van der Waals surface area contributed by atoms with Crippen LogP contribution in [0.15, 0.2) is 0 Å². The third-order valence-electron chi connectivity index (χ3n) is 3.79. The van der Waals surface area contributed by atoms with Crippen LogP contribution in [0.2, 0.25) is 0 Å². The van der Waals surface area contributed by atoms with E-state index in [-0.39, 0.29) is 0 Å². The van der Waals surface area contributed by atoms with Crippen molar-refractivity contribution in [3.05, 3.63) is 11.6 Å². The van der Waals surface area contributed by atoms with Gasteiger partial charge in [0.2, 0.25) is 0 Å². The number of rotatable bonds is 1. The SMILES string of the molecule is Cc1nc(C2CC3CCCCC3N2)n[nH]1. The molecule has 1 aliphatic carbocycles.